The topological polar surface area (TPSA) is 55.1 Å². The number of aromatic carboxylic acids is 1. The molecule has 4 rings (SSSR count). The Balaban J connectivity index is 1.82. The second-order valence-electron chi connectivity index (χ2n) is 5.58. The Labute approximate surface area is 131 Å². The summed E-state index contributed by atoms with van der Waals surface area (Å²) in [6.45, 7) is 2.64. The molecular formula is C17H14N2O2S. The third-order valence-corrected chi connectivity index (χ3v) is 5.00. The quantitative estimate of drug-likeness (QED) is 0.629. The smallest absolute Gasteiger partial charge is 0.356 e. The van der Waals surface area contributed by atoms with Gasteiger partial charge in [-0.2, -0.15) is 5.10 Å². The van der Waals surface area contributed by atoms with E-state index in [-0.39, 0.29) is 5.69 Å². The van der Waals surface area contributed by atoms with E-state index >= 15 is 0 Å². The third kappa shape index (κ3) is 1.97. The summed E-state index contributed by atoms with van der Waals surface area (Å²) in [6, 6.07) is 10.3. The number of fused-ring (bicyclic) bond motifs is 3. The van der Waals surface area contributed by atoms with E-state index in [2.05, 4.69) is 47.7 Å². The molecule has 0 fully saturated rings. The largest absolute Gasteiger partial charge is 0.476 e. The zero-order valence-corrected chi connectivity index (χ0v) is 12.9. The standard InChI is InChI=1S/C17H14N2O2S/c1-10-2-4-11(5-3-10)9-19-15-13(14(18-19)17(20)21)8-12-6-7-22-16(12)15/h2-7H,8-9H2,1H3,(H,20,21). The second-order valence-corrected chi connectivity index (χ2v) is 6.49. The molecule has 0 spiro atoms. The molecule has 2 heterocycles. The van der Waals surface area contributed by atoms with Crippen molar-refractivity contribution < 1.29 is 9.90 Å². The van der Waals surface area contributed by atoms with Gasteiger partial charge in [0.2, 0.25) is 0 Å². The van der Waals surface area contributed by atoms with Gasteiger partial charge in [-0.3, -0.25) is 4.68 Å². The molecule has 110 valence electrons. The van der Waals surface area contributed by atoms with Gasteiger partial charge in [-0.1, -0.05) is 29.8 Å². The van der Waals surface area contributed by atoms with Crippen molar-refractivity contribution in [2.45, 2.75) is 19.9 Å². The number of rotatable bonds is 3. The Bertz CT molecular complexity index is 875. The number of carboxylic acids is 1. The maximum atomic E-state index is 11.5. The maximum absolute atomic E-state index is 11.5. The van der Waals surface area contributed by atoms with E-state index in [0.29, 0.717) is 13.0 Å². The maximum Gasteiger partial charge on any atom is 0.356 e. The summed E-state index contributed by atoms with van der Waals surface area (Å²) in [6.07, 6.45) is 0.670. The molecule has 4 nitrogen and oxygen atoms in total. The highest BCUT2D eigenvalue weighted by Gasteiger charge is 2.31. The van der Waals surface area contributed by atoms with Crippen LogP contribution < -0.4 is 0 Å². The van der Waals surface area contributed by atoms with Crippen molar-refractivity contribution in [1.29, 1.82) is 0 Å². The lowest BCUT2D eigenvalue weighted by molar-refractivity contribution is 0.0688. The normalized spacial score (nSPS) is 12.2. The molecule has 0 amide bonds. The number of aryl methyl sites for hydroxylation is 1. The third-order valence-electron chi connectivity index (χ3n) is 4.04. The average Bonchev–Trinajstić information content (AvgIpc) is 3.13. The van der Waals surface area contributed by atoms with Crippen LogP contribution in [0.15, 0.2) is 35.7 Å². The lowest BCUT2D eigenvalue weighted by Gasteiger charge is -2.06. The van der Waals surface area contributed by atoms with Crippen molar-refractivity contribution in [1.82, 2.24) is 9.78 Å². The van der Waals surface area contributed by atoms with Crippen molar-refractivity contribution in [2.24, 2.45) is 0 Å². The van der Waals surface area contributed by atoms with Crippen LogP contribution in [0.5, 0.6) is 0 Å². The van der Waals surface area contributed by atoms with E-state index in [4.69, 9.17) is 0 Å². The number of carboxylic acid groups (broad SMARTS) is 1. The van der Waals surface area contributed by atoms with Crippen LogP contribution in [0.25, 0.3) is 10.6 Å². The average molecular weight is 310 g/mol. The lowest BCUT2D eigenvalue weighted by atomic mass is 10.1. The van der Waals surface area contributed by atoms with Gasteiger partial charge in [0, 0.05) is 12.0 Å². The Morgan fingerprint density at radius 2 is 2.09 bits per heavy atom. The fraction of sp³-hybridized carbons (Fsp3) is 0.176. The summed E-state index contributed by atoms with van der Waals surface area (Å²) >= 11 is 1.65. The Kier molecular flexibility index (Phi) is 2.90. The van der Waals surface area contributed by atoms with Gasteiger partial charge < -0.3 is 5.11 Å². The molecule has 0 saturated carbocycles. The minimum Gasteiger partial charge on any atom is -0.476 e. The van der Waals surface area contributed by atoms with Gasteiger partial charge in [-0.25, -0.2) is 4.79 Å². The van der Waals surface area contributed by atoms with Gasteiger partial charge in [-0.15, -0.1) is 11.3 Å². The van der Waals surface area contributed by atoms with Gasteiger partial charge in [0.1, 0.15) is 0 Å². The van der Waals surface area contributed by atoms with Crippen molar-refractivity contribution in [3.8, 4) is 10.6 Å². The Morgan fingerprint density at radius 1 is 1.32 bits per heavy atom. The van der Waals surface area contributed by atoms with Crippen molar-refractivity contribution in [3.63, 3.8) is 0 Å². The monoisotopic (exact) mass is 310 g/mol. The zero-order chi connectivity index (χ0) is 15.3. The van der Waals surface area contributed by atoms with E-state index in [0.717, 1.165) is 21.7 Å². The first kappa shape index (κ1) is 13.3. The van der Waals surface area contributed by atoms with E-state index < -0.39 is 5.97 Å². The number of carbonyl (C=O) groups is 1. The number of thiophene rings is 1. The van der Waals surface area contributed by atoms with Gasteiger partial charge >= 0.3 is 5.97 Å². The summed E-state index contributed by atoms with van der Waals surface area (Å²) in [4.78, 5) is 12.6. The molecule has 2 aromatic heterocycles. The molecule has 0 saturated heterocycles. The predicted molar refractivity (Wildman–Crippen MR) is 85.6 cm³/mol. The summed E-state index contributed by atoms with van der Waals surface area (Å²) in [7, 11) is 0. The van der Waals surface area contributed by atoms with Gasteiger partial charge in [0.25, 0.3) is 0 Å². The van der Waals surface area contributed by atoms with Crippen LogP contribution in [0.4, 0.5) is 0 Å². The van der Waals surface area contributed by atoms with Crippen LogP contribution in [-0.4, -0.2) is 20.9 Å². The molecule has 0 unspecified atom stereocenters. The molecule has 0 radical (unpaired) electrons. The molecule has 5 heteroatoms. The lowest BCUT2D eigenvalue weighted by Crippen LogP contribution is -2.06. The first-order chi connectivity index (χ1) is 10.6. The van der Waals surface area contributed by atoms with Gasteiger partial charge in [-0.05, 0) is 29.5 Å². The first-order valence-corrected chi connectivity index (χ1v) is 7.96. The molecule has 0 bridgehead atoms. The first-order valence-electron chi connectivity index (χ1n) is 7.09. The zero-order valence-electron chi connectivity index (χ0n) is 12.0. The van der Waals surface area contributed by atoms with Crippen LogP contribution in [0.3, 0.4) is 0 Å². The second kappa shape index (κ2) is 4.81. The Morgan fingerprint density at radius 3 is 2.82 bits per heavy atom. The van der Waals surface area contributed by atoms with E-state index in [1.807, 2.05) is 4.68 Å². The SMILES string of the molecule is Cc1ccc(Cn2nc(C(=O)O)c3c2-c2sccc2C3)cc1. The van der Waals surface area contributed by atoms with Crippen molar-refractivity contribution >= 4 is 17.3 Å². The number of benzene rings is 1. The molecular weight excluding hydrogens is 296 g/mol. The molecule has 1 N–H and O–H groups in total. The number of nitrogens with zero attached hydrogens (tertiary/aromatic N) is 2. The number of hydrogen-bond donors (Lipinski definition) is 1. The van der Waals surface area contributed by atoms with Crippen molar-refractivity contribution in [3.05, 3.63) is 63.7 Å². The number of hydrogen-bond acceptors (Lipinski definition) is 3. The van der Waals surface area contributed by atoms with Crippen LogP contribution >= 0.6 is 11.3 Å². The van der Waals surface area contributed by atoms with Gasteiger partial charge in [0.15, 0.2) is 5.69 Å². The summed E-state index contributed by atoms with van der Waals surface area (Å²) in [5.41, 5.74) is 5.55. The minimum atomic E-state index is -0.950. The van der Waals surface area contributed by atoms with Crippen LogP contribution in [0.2, 0.25) is 0 Å². The molecule has 1 aliphatic carbocycles. The minimum absolute atomic E-state index is 0.186. The molecule has 1 aliphatic rings. The molecule has 1 aromatic carbocycles. The van der Waals surface area contributed by atoms with Crippen LogP contribution in [-0.2, 0) is 13.0 Å². The summed E-state index contributed by atoms with van der Waals surface area (Å²) < 4.78 is 1.84. The number of aromatic nitrogens is 2. The highest BCUT2D eigenvalue weighted by Crippen LogP contribution is 2.42. The molecule has 0 atom stereocenters. The highest BCUT2D eigenvalue weighted by atomic mass is 32.1. The molecule has 22 heavy (non-hydrogen) atoms. The summed E-state index contributed by atoms with van der Waals surface area (Å²) in [5.74, 6) is -0.950. The predicted octanol–water partition coefficient (Wildman–Crippen LogP) is 3.57. The van der Waals surface area contributed by atoms with Gasteiger partial charge in [0.05, 0.1) is 17.1 Å². The van der Waals surface area contributed by atoms with Crippen LogP contribution in [0, 0.1) is 6.92 Å². The Hall–Kier alpha value is -2.40. The van der Waals surface area contributed by atoms with Crippen LogP contribution in [0.1, 0.15) is 32.7 Å². The van der Waals surface area contributed by atoms with E-state index in [9.17, 15) is 9.90 Å². The molecule has 0 aliphatic heterocycles. The summed E-state index contributed by atoms with van der Waals surface area (Å²) in [5, 5.41) is 15.8. The fourth-order valence-corrected chi connectivity index (χ4v) is 3.95. The van der Waals surface area contributed by atoms with E-state index in [1.54, 1.807) is 11.3 Å². The molecule has 3 aromatic rings. The highest BCUT2D eigenvalue weighted by molar-refractivity contribution is 7.13. The van der Waals surface area contributed by atoms with E-state index in [1.165, 1.54) is 11.1 Å². The van der Waals surface area contributed by atoms with Crippen molar-refractivity contribution in [2.75, 3.05) is 0 Å². The fourth-order valence-electron chi connectivity index (χ4n) is 2.95.